The molecule has 26 heavy (non-hydrogen) atoms. The van der Waals surface area contributed by atoms with Gasteiger partial charge in [0.25, 0.3) is 11.6 Å². The number of hydrazone groups is 1. The molecular formula is C17H18N4O5. The normalized spacial score (nSPS) is 15.2. The van der Waals surface area contributed by atoms with Crippen LogP contribution in [0.15, 0.2) is 45.9 Å². The van der Waals surface area contributed by atoms with Gasteiger partial charge in [0.2, 0.25) is 0 Å². The minimum atomic E-state index is -0.461. The number of nitrogens with zero attached hydrogens (tertiary/aromatic N) is 3. The first kappa shape index (κ1) is 17.8. The van der Waals surface area contributed by atoms with Crippen molar-refractivity contribution in [3.05, 3.63) is 52.3 Å². The molecule has 0 saturated carbocycles. The molecule has 0 spiro atoms. The zero-order chi connectivity index (χ0) is 18.4. The standard InChI is InChI=1S/C17H18N4O5/c22-17(12-20-7-9-25-10-8-20)19-18-11-13-5-6-16(26-13)14-3-1-2-4-15(14)21(23)24/h1-6,11H,7-10,12H2,(H,19,22)/b18-11-. The summed E-state index contributed by atoms with van der Waals surface area (Å²) >= 11 is 0. The molecule has 136 valence electrons. The Morgan fingerprint density at radius 2 is 2.04 bits per heavy atom. The Labute approximate surface area is 149 Å². The van der Waals surface area contributed by atoms with Gasteiger partial charge in [-0.1, -0.05) is 12.1 Å². The number of hydrogen-bond donors (Lipinski definition) is 1. The first-order valence-corrected chi connectivity index (χ1v) is 8.09. The highest BCUT2D eigenvalue weighted by Crippen LogP contribution is 2.30. The van der Waals surface area contributed by atoms with Crippen molar-refractivity contribution in [1.29, 1.82) is 0 Å². The molecule has 1 N–H and O–H groups in total. The third-order valence-electron chi connectivity index (χ3n) is 3.84. The van der Waals surface area contributed by atoms with Crippen molar-refractivity contribution >= 4 is 17.8 Å². The van der Waals surface area contributed by atoms with Crippen LogP contribution in [0.4, 0.5) is 5.69 Å². The molecule has 0 unspecified atom stereocenters. The number of amides is 1. The Balaban J connectivity index is 1.59. The third-order valence-corrected chi connectivity index (χ3v) is 3.84. The fraction of sp³-hybridized carbons (Fsp3) is 0.294. The first-order valence-electron chi connectivity index (χ1n) is 8.09. The molecule has 1 aromatic heterocycles. The van der Waals surface area contributed by atoms with Gasteiger partial charge in [0.1, 0.15) is 11.5 Å². The van der Waals surface area contributed by atoms with E-state index in [2.05, 4.69) is 10.5 Å². The Morgan fingerprint density at radius 1 is 1.27 bits per heavy atom. The number of nitro groups is 1. The first-order chi connectivity index (χ1) is 12.6. The molecule has 1 aromatic carbocycles. The van der Waals surface area contributed by atoms with Crippen molar-refractivity contribution in [2.45, 2.75) is 0 Å². The molecule has 9 heteroatoms. The van der Waals surface area contributed by atoms with Gasteiger partial charge in [0.05, 0.1) is 36.5 Å². The van der Waals surface area contributed by atoms with E-state index in [1.807, 2.05) is 4.90 Å². The lowest BCUT2D eigenvalue weighted by atomic mass is 10.1. The highest BCUT2D eigenvalue weighted by molar-refractivity contribution is 5.82. The van der Waals surface area contributed by atoms with Gasteiger partial charge in [0, 0.05) is 19.2 Å². The number of ether oxygens (including phenoxy) is 1. The summed E-state index contributed by atoms with van der Waals surface area (Å²) in [6.07, 6.45) is 1.36. The van der Waals surface area contributed by atoms with Crippen molar-refractivity contribution < 1.29 is 18.9 Å². The maximum Gasteiger partial charge on any atom is 0.280 e. The molecule has 2 aromatic rings. The van der Waals surface area contributed by atoms with E-state index in [0.717, 1.165) is 0 Å². The SMILES string of the molecule is O=C(CN1CCOCC1)N/N=C\c1ccc(-c2ccccc2[N+](=O)[O-])o1. The molecule has 3 rings (SSSR count). The number of para-hydroxylation sites is 1. The lowest BCUT2D eigenvalue weighted by Crippen LogP contribution is -2.42. The molecule has 1 fully saturated rings. The van der Waals surface area contributed by atoms with Gasteiger partial charge in [-0.15, -0.1) is 0 Å². The molecule has 0 aliphatic carbocycles. The van der Waals surface area contributed by atoms with Crippen LogP contribution < -0.4 is 5.43 Å². The molecule has 1 saturated heterocycles. The summed E-state index contributed by atoms with van der Waals surface area (Å²) in [5.74, 6) is 0.511. The number of carbonyl (C=O) groups is 1. The predicted molar refractivity (Wildman–Crippen MR) is 93.8 cm³/mol. The van der Waals surface area contributed by atoms with Crippen LogP contribution in [0, 0.1) is 10.1 Å². The van der Waals surface area contributed by atoms with Crippen molar-refractivity contribution in [3.8, 4) is 11.3 Å². The van der Waals surface area contributed by atoms with Gasteiger partial charge >= 0.3 is 0 Å². The van der Waals surface area contributed by atoms with Crippen molar-refractivity contribution in [3.63, 3.8) is 0 Å². The largest absolute Gasteiger partial charge is 0.455 e. The quantitative estimate of drug-likeness (QED) is 0.477. The summed E-state index contributed by atoms with van der Waals surface area (Å²) in [6, 6.07) is 9.57. The van der Waals surface area contributed by atoms with Crippen molar-refractivity contribution in [2.24, 2.45) is 5.10 Å². The number of carbonyl (C=O) groups excluding carboxylic acids is 1. The summed E-state index contributed by atoms with van der Waals surface area (Å²) in [7, 11) is 0. The van der Waals surface area contributed by atoms with Crippen LogP contribution in [-0.2, 0) is 9.53 Å². The van der Waals surface area contributed by atoms with Gasteiger partial charge in [0.15, 0.2) is 0 Å². The molecule has 9 nitrogen and oxygen atoms in total. The van der Waals surface area contributed by atoms with Gasteiger partial charge < -0.3 is 9.15 Å². The molecular weight excluding hydrogens is 340 g/mol. The topological polar surface area (TPSA) is 110 Å². The second kappa shape index (κ2) is 8.37. The minimum absolute atomic E-state index is 0.0378. The van der Waals surface area contributed by atoms with Gasteiger partial charge in [-0.25, -0.2) is 5.43 Å². The van der Waals surface area contributed by atoms with Crippen molar-refractivity contribution in [2.75, 3.05) is 32.8 Å². The second-order valence-corrected chi connectivity index (χ2v) is 5.66. The van der Waals surface area contributed by atoms with E-state index < -0.39 is 4.92 Å². The highest BCUT2D eigenvalue weighted by atomic mass is 16.6. The maximum atomic E-state index is 11.8. The lowest BCUT2D eigenvalue weighted by Gasteiger charge is -2.25. The summed E-state index contributed by atoms with van der Waals surface area (Å²) in [6.45, 7) is 2.93. The van der Waals surface area contributed by atoms with Gasteiger partial charge in [-0.05, 0) is 18.2 Å². The summed E-state index contributed by atoms with van der Waals surface area (Å²) in [5.41, 5.74) is 2.78. The van der Waals surface area contributed by atoms with Crippen LogP contribution in [0.5, 0.6) is 0 Å². The Morgan fingerprint density at radius 3 is 2.81 bits per heavy atom. The number of rotatable bonds is 6. The molecule has 2 heterocycles. The average molecular weight is 358 g/mol. The van der Waals surface area contributed by atoms with Crippen LogP contribution in [-0.4, -0.2) is 54.8 Å². The van der Waals surface area contributed by atoms with E-state index in [0.29, 0.717) is 43.4 Å². The third kappa shape index (κ3) is 4.52. The van der Waals surface area contributed by atoms with E-state index in [-0.39, 0.29) is 18.1 Å². The zero-order valence-electron chi connectivity index (χ0n) is 14.0. The fourth-order valence-corrected chi connectivity index (χ4v) is 2.57. The summed E-state index contributed by atoms with van der Waals surface area (Å²) in [4.78, 5) is 24.4. The Bertz CT molecular complexity index is 811. The van der Waals surface area contributed by atoms with Gasteiger partial charge in [-0.3, -0.25) is 19.8 Å². The molecule has 0 atom stereocenters. The minimum Gasteiger partial charge on any atom is -0.455 e. The van der Waals surface area contributed by atoms with Gasteiger partial charge in [-0.2, -0.15) is 5.10 Å². The maximum absolute atomic E-state index is 11.8. The van der Waals surface area contributed by atoms with E-state index in [1.54, 1.807) is 30.3 Å². The number of nitro benzene ring substituents is 1. The number of benzene rings is 1. The fourth-order valence-electron chi connectivity index (χ4n) is 2.57. The monoisotopic (exact) mass is 358 g/mol. The van der Waals surface area contributed by atoms with E-state index in [9.17, 15) is 14.9 Å². The van der Waals surface area contributed by atoms with Crippen LogP contribution in [0.2, 0.25) is 0 Å². The Hall–Kier alpha value is -3.04. The molecule has 1 aliphatic rings. The average Bonchev–Trinajstić information content (AvgIpc) is 3.11. The van der Waals surface area contributed by atoms with Crippen LogP contribution in [0.25, 0.3) is 11.3 Å². The van der Waals surface area contributed by atoms with Crippen molar-refractivity contribution in [1.82, 2.24) is 10.3 Å². The number of nitrogens with one attached hydrogen (secondary N) is 1. The van der Waals surface area contributed by atoms with Crippen LogP contribution in [0.1, 0.15) is 5.76 Å². The van der Waals surface area contributed by atoms with Crippen LogP contribution >= 0.6 is 0 Å². The Kier molecular flexibility index (Phi) is 5.72. The number of furan rings is 1. The second-order valence-electron chi connectivity index (χ2n) is 5.66. The predicted octanol–water partition coefficient (Wildman–Crippen LogP) is 1.64. The van der Waals surface area contributed by atoms with E-state index in [1.165, 1.54) is 12.3 Å². The van der Waals surface area contributed by atoms with Crippen LogP contribution in [0.3, 0.4) is 0 Å². The molecule has 1 aliphatic heterocycles. The molecule has 1 amide bonds. The lowest BCUT2D eigenvalue weighted by molar-refractivity contribution is -0.384. The highest BCUT2D eigenvalue weighted by Gasteiger charge is 2.17. The number of hydrogen-bond acceptors (Lipinski definition) is 7. The van der Waals surface area contributed by atoms with E-state index >= 15 is 0 Å². The molecule has 0 radical (unpaired) electrons. The zero-order valence-corrected chi connectivity index (χ0v) is 14.0. The number of morpholine rings is 1. The van der Waals surface area contributed by atoms with E-state index in [4.69, 9.17) is 9.15 Å². The summed E-state index contributed by atoms with van der Waals surface area (Å²) < 4.78 is 10.8. The smallest absolute Gasteiger partial charge is 0.280 e. The summed E-state index contributed by atoms with van der Waals surface area (Å²) in [5, 5.41) is 15.0. The molecule has 0 bridgehead atoms.